The van der Waals surface area contributed by atoms with Gasteiger partial charge < -0.3 is 38.5 Å². The Kier molecular flexibility index (Phi) is 11.9. The predicted octanol–water partition coefficient (Wildman–Crippen LogP) is 24.9. The lowest BCUT2D eigenvalue weighted by Gasteiger charge is -2.55. The summed E-state index contributed by atoms with van der Waals surface area (Å²) >= 11 is 0. The number of para-hydroxylation sites is 2. The van der Waals surface area contributed by atoms with Crippen molar-refractivity contribution in [3.05, 3.63) is 348 Å². The highest BCUT2D eigenvalue weighted by atomic mass is 31.2. The molecule has 10 aliphatic rings. The molecule has 0 N–H and O–H groups in total. The zero-order chi connectivity index (χ0) is 74.9. The monoisotopic (exact) mass is 1480 g/mol. The number of anilines is 18. The second kappa shape index (κ2) is 21.0. The lowest BCUT2D eigenvalue weighted by Crippen LogP contribution is -2.53. The van der Waals surface area contributed by atoms with Crippen molar-refractivity contribution in [2.24, 2.45) is 0 Å². The van der Waals surface area contributed by atoms with E-state index in [1.165, 1.54) is 89.0 Å². The first-order chi connectivity index (χ1) is 54.4. The third-order valence-corrected chi connectivity index (χ3v) is 33.8. The molecule has 0 unspecified atom stereocenters. The van der Waals surface area contributed by atoms with E-state index in [4.69, 9.17) is 0 Å². The van der Waals surface area contributed by atoms with Crippen LogP contribution in [0.15, 0.2) is 303 Å². The van der Waals surface area contributed by atoms with E-state index in [1.807, 2.05) is 0 Å². The summed E-state index contributed by atoms with van der Waals surface area (Å²) in [5.41, 5.74) is 33.1. The fourth-order valence-corrected chi connectivity index (χ4v) is 29.8. The second-order valence-electron chi connectivity index (χ2n) is 34.2. The van der Waals surface area contributed by atoms with Crippen molar-refractivity contribution in [2.45, 2.75) is 77.0 Å². The van der Waals surface area contributed by atoms with Gasteiger partial charge in [0.2, 0.25) is 0 Å². The van der Waals surface area contributed by atoms with Crippen molar-refractivity contribution in [2.75, 3.05) is 29.4 Å². The molecule has 0 fully saturated rings. The van der Waals surface area contributed by atoms with Crippen molar-refractivity contribution in [1.82, 2.24) is 0 Å². The molecule has 8 nitrogen and oxygen atoms in total. The lowest BCUT2D eigenvalue weighted by molar-refractivity contribution is 0.590. The average Bonchev–Trinajstić information content (AvgIpc) is 0.918. The summed E-state index contributed by atoms with van der Waals surface area (Å²) < 4.78 is 40.6. The van der Waals surface area contributed by atoms with E-state index in [1.54, 1.807) is 0 Å². The Bertz CT molecular complexity index is 6250. The molecule has 0 spiro atoms. The molecule has 6 heterocycles. The summed E-state index contributed by atoms with van der Waals surface area (Å²) in [5.74, 6) is 0. The normalized spacial score (nSPS) is 17.3. The molecule has 4 aliphatic carbocycles. The summed E-state index contributed by atoms with van der Waals surface area (Å²) in [7, 11) is -8.63. The van der Waals surface area contributed by atoms with Gasteiger partial charge in [0.1, 0.15) is 0 Å². The Balaban J connectivity index is 0.917. The van der Waals surface area contributed by atoms with Crippen LogP contribution < -0.4 is 61.2 Å². The summed E-state index contributed by atoms with van der Waals surface area (Å²) in [6, 6.07) is 112. The minimum absolute atomic E-state index is 0.414. The number of hydrogen-bond donors (Lipinski definition) is 0. The van der Waals surface area contributed by atoms with Gasteiger partial charge in [-0.15, -0.1) is 0 Å². The third kappa shape index (κ3) is 7.36. The minimum Gasteiger partial charge on any atom is -0.309 e. The van der Waals surface area contributed by atoms with Crippen molar-refractivity contribution >= 4 is 148 Å². The van der Waals surface area contributed by atoms with Crippen LogP contribution in [0.5, 0.6) is 0 Å². The summed E-state index contributed by atoms with van der Waals surface area (Å²) in [6.45, 7) is 18.9. The van der Waals surface area contributed by atoms with Gasteiger partial charge in [0.15, 0.2) is 14.3 Å². The number of nitrogens with zero attached hydrogens (tertiary/aromatic N) is 6. The first-order valence-electron chi connectivity index (χ1n) is 39.3. The molecule has 6 aliphatic heterocycles. The van der Waals surface area contributed by atoms with Crippen molar-refractivity contribution < 1.29 is 9.13 Å². The topological polar surface area (TPSA) is 53.6 Å². The maximum Gasteiger partial charge on any atom is 0.183 e. The van der Waals surface area contributed by atoms with Crippen molar-refractivity contribution in [3.8, 4) is 44.5 Å². The van der Waals surface area contributed by atoms with Crippen LogP contribution in [0.1, 0.15) is 99.9 Å². The SMILES string of the molecule is CC1(C)c2ccccc2-c2ccc(N3c4cccc5c4P4(=O)c6c(cccc6N(c6ccc7c(c6)C(C)(C)c6ccccc6-7)c6c7c8c(c3c64)N(c3ccc4c(c3)C(C)(C)c3ccccc3-4)c3cccc4c3P8(=O)c3c(cccc3N7c3ccc6c(c3)C(C)(C)c3ccccc3-6)N4c3ccccc3)N5c3ccccc3)cc21. The Morgan fingerprint density at radius 1 is 0.188 bits per heavy atom. The first-order valence-corrected chi connectivity index (χ1v) is 42.7. The lowest BCUT2D eigenvalue weighted by atomic mass is 9.82. The molecule has 0 aromatic heterocycles. The van der Waals surface area contributed by atoms with Gasteiger partial charge in [-0.3, -0.25) is 0 Å². The Labute approximate surface area is 652 Å². The summed E-state index contributed by atoms with van der Waals surface area (Å²) in [6.07, 6.45) is 0. The predicted molar refractivity (Wildman–Crippen MR) is 465 cm³/mol. The summed E-state index contributed by atoms with van der Waals surface area (Å²) in [4.78, 5) is 14.8. The van der Waals surface area contributed by atoms with Gasteiger partial charge in [0, 0.05) is 55.8 Å². The standard InChI is InChI=1S/C102H74N6O2P2/c1-99(2)73-35-19-15-31-65(73)69-51-47-61(55-77(69)99)105-85-43-23-39-81-93(85)111(109)94-82(103(81)59-27-11-9-12-28-59)40-25-45-87(94)107(63-49-53-71-67-33-17-21-37-75(67)101(5,6)79(71)57-63)91-92-98-90(89(105)97(91)111)106(62-48-52-70-66-32-16-20-36-74(66)100(3,4)78(70)56-62)86-44-24-41-83-95(86)112(98,110)96-84(104(83)60-29-13-10-14-30-60)42-26-46-88(96)108(92)64-50-54-72-68-34-18-22-38-76(68)102(7,8)80(72)58-64/h9-58H,1-8H3. The molecule has 0 radical (unpaired) electrons. The Morgan fingerprint density at radius 2 is 0.393 bits per heavy atom. The third-order valence-electron chi connectivity index (χ3n) is 27.4. The Morgan fingerprint density at radius 3 is 0.634 bits per heavy atom. The van der Waals surface area contributed by atoms with E-state index >= 15 is 9.13 Å². The number of benzene rings is 15. The number of rotatable bonds is 6. The van der Waals surface area contributed by atoms with E-state index < -0.39 is 35.9 Å². The van der Waals surface area contributed by atoms with E-state index in [0.717, 1.165) is 124 Å². The highest BCUT2D eigenvalue weighted by Crippen LogP contribution is 2.76. The molecule has 0 atom stereocenters. The van der Waals surface area contributed by atoms with Gasteiger partial charge in [-0.05, 0) is 210 Å². The number of fused-ring (bicyclic) bond motifs is 14. The fourth-order valence-electron chi connectivity index (χ4n) is 22.4. The molecule has 0 bridgehead atoms. The molecule has 0 saturated heterocycles. The van der Waals surface area contributed by atoms with Crippen LogP contribution in [0.4, 0.5) is 102 Å². The molecule has 10 heteroatoms. The maximum absolute atomic E-state index is 20.3. The quantitative estimate of drug-likeness (QED) is 0.153. The van der Waals surface area contributed by atoms with Crippen LogP contribution in [0, 0.1) is 0 Å². The molecular formula is C102H74N6O2P2. The highest BCUT2D eigenvalue weighted by Gasteiger charge is 2.63. The van der Waals surface area contributed by atoms with Gasteiger partial charge in [-0.25, -0.2) is 0 Å². The van der Waals surface area contributed by atoms with Gasteiger partial charge in [0.25, 0.3) is 0 Å². The zero-order valence-electron chi connectivity index (χ0n) is 63.3. The van der Waals surface area contributed by atoms with Crippen molar-refractivity contribution in [3.63, 3.8) is 0 Å². The van der Waals surface area contributed by atoms with Crippen LogP contribution in [-0.4, -0.2) is 0 Å². The molecule has 0 saturated carbocycles. The van der Waals surface area contributed by atoms with E-state index in [0.29, 0.717) is 10.6 Å². The van der Waals surface area contributed by atoms with Crippen LogP contribution in [-0.2, 0) is 30.8 Å². The van der Waals surface area contributed by atoms with Gasteiger partial charge >= 0.3 is 0 Å². The zero-order valence-corrected chi connectivity index (χ0v) is 65.1. The smallest absolute Gasteiger partial charge is 0.183 e. The molecule has 25 rings (SSSR count). The minimum atomic E-state index is -4.32. The fraction of sp³-hybridized carbons (Fsp3) is 0.118. The second-order valence-corrected chi connectivity index (χ2v) is 39.3. The molecule has 0 amide bonds. The molecule has 112 heavy (non-hydrogen) atoms. The van der Waals surface area contributed by atoms with Crippen LogP contribution in [0.3, 0.4) is 0 Å². The van der Waals surface area contributed by atoms with E-state index in [9.17, 15) is 0 Å². The van der Waals surface area contributed by atoms with Crippen LogP contribution in [0.25, 0.3) is 44.5 Å². The molecule has 15 aromatic carbocycles. The van der Waals surface area contributed by atoms with E-state index in [-0.39, 0.29) is 0 Å². The molecular weight excluding hydrogens is 1400 g/mol. The Hall–Kier alpha value is -12.4. The largest absolute Gasteiger partial charge is 0.309 e. The van der Waals surface area contributed by atoms with Crippen molar-refractivity contribution in [1.29, 1.82) is 0 Å². The van der Waals surface area contributed by atoms with Crippen LogP contribution in [0.2, 0.25) is 0 Å². The van der Waals surface area contributed by atoms with Gasteiger partial charge in [-0.1, -0.05) is 237 Å². The summed E-state index contributed by atoms with van der Waals surface area (Å²) in [5, 5.41) is 4.46. The maximum atomic E-state index is 20.3. The van der Waals surface area contributed by atoms with Gasteiger partial charge in [0.05, 0.1) is 100 Å². The highest BCUT2D eigenvalue weighted by molar-refractivity contribution is 7.88. The first kappa shape index (κ1) is 63.3. The number of hydrogen-bond acceptors (Lipinski definition) is 8. The van der Waals surface area contributed by atoms with Gasteiger partial charge in [-0.2, -0.15) is 0 Å². The average molecular weight is 1480 g/mol. The molecule has 534 valence electrons. The molecule has 15 aromatic rings. The van der Waals surface area contributed by atoms with Crippen LogP contribution >= 0.6 is 14.3 Å². The van der Waals surface area contributed by atoms with E-state index in [2.05, 4.69) is 388 Å².